The van der Waals surface area contributed by atoms with E-state index in [1.165, 1.54) is 18.3 Å². The van der Waals surface area contributed by atoms with Gasteiger partial charge in [0.15, 0.2) is 0 Å². The highest BCUT2D eigenvalue weighted by molar-refractivity contribution is 6.36. The molecule has 0 bridgehead atoms. The zero-order chi connectivity index (χ0) is 30.8. The van der Waals surface area contributed by atoms with E-state index in [1.807, 2.05) is 41.2 Å². The number of pyridine rings is 1. The van der Waals surface area contributed by atoms with Crippen LogP contribution in [0.25, 0.3) is 10.9 Å². The van der Waals surface area contributed by atoms with Crippen LogP contribution in [0.1, 0.15) is 48.7 Å². The molecule has 3 heterocycles. The van der Waals surface area contributed by atoms with E-state index in [1.54, 1.807) is 12.1 Å². The Kier molecular flexibility index (Phi) is 8.87. The van der Waals surface area contributed by atoms with Gasteiger partial charge in [-0.05, 0) is 67.4 Å². The van der Waals surface area contributed by atoms with Crippen LogP contribution in [0.3, 0.4) is 0 Å². The van der Waals surface area contributed by atoms with E-state index in [2.05, 4.69) is 43.8 Å². The average molecular weight is 650 g/mol. The van der Waals surface area contributed by atoms with E-state index in [0.717, 1.165) is 43.7 Å². The monoisotopic (exact) mass is 648 g/mol. The number of hydrogen-bond acceptors (Lipinski definition) is 7. The van der Waals surface area contributed by atoms with E-state index in [4.69, 9.17) is 34.8 Å². The van der Waals surface area contributed by atoms with Gasteiger partial charge in [-0.25, -0.2) is 9.07 Å². The lowest BCUT2D eigenvalue weighted by Gasteiger charge is -2.30. The zero-order valence-electron chi connectivity index (χ0n) is 23.7. The molecule has 2 N–H and O–H groups in total. The maximum Gasteiger partial charge on any atom is 0.141 e. The smallest absolute Gasteiger partial charge is 0.141 e. The Morgan fingerprint density at radius 1 is 1.02 bits per heavy atom. The van der Waals surface area contributed by atoms with Gasteiger partial charge in [-0.3, -0.25) is 4.98 Å². The lowest BCUT2D eigenvalue weighted by molar-refractivity contribution is 0.186. The summed E-state index contributed by atoms with van der Waals surface area (Å²) in [5.41, 5.74) is 4.11. The molecule has 6 rings (SSSR count). The lowest BCUT2D eigenvalue weighted by atomic mass is 10.0. The van der Waals surface area contributed by atoms with Crippen LogP contribution in [0.15, 0.2) is 67.0 Å². The zero-order valence-corrected chi connectivity index (χ0v) is 26.0. The maximum atomic E-state index is 13.8. The van der Waals surface area contributed by atoms with Gasteiger partial charge in [0.2, 0.25) is 0 Å². The normalized spacial score (nSPS) is 14.8. The van der Waals surface area contributed by atoms with Gasteiger partial charge in [-0.2, -0.15) is 5.26 Å². The van der Waals surface area contributed by atoms with Crippen molar-refractivity contribution in [1.29, 1.82) is 5.26 Å². The number of nitrogens with zero attached hydrogens (tertiary/aromatic N) is 6. The summed E-state index contributed by atoms with van der Waals surface area (Å²) in [4.78, 5) is 6.89. The Hall–Kier alpha value is -3.94. The quantitative estimate of drug-likeness (QED) is 0.174. The Balaban J connectivity index is 1.38. The first kappa shape index (κ1) is 30.1. The minimum absolute atomic E-state index is 0.0398. The maximum absolute atomic E-state index is 13.8. The predicted molar refractivity (Wildman–Crippen MR) is 173 cm³/mol. The summed E-state index contributed by atoms with van der Waals surface area (Å²) in [6.07, 6.45) is 5.48. The third kappa shape index (κ3) is 6.30. The van der Waals surface area contributed by atoms with Crippen LogP contribution < -0.4 is 10.6 Å². The van der Waals surface area contributed by atoms with E-state index < -0.39 is 5.82 Å². The van der Waals surface area contributed by atoms with Crippen LogP contribution in [0.4, 0.5) is 21.5 Å². The number of nitrogens with one attached hydrogen (secondary N) is 2. The highest BCUT2D eigenvalue weighted by Gasteiger charge is 2.24. The number of rotatable bonds is 8. The summed E-state index contributed by atoms with van der Waals surface area (Å²) in [6.45, 7) is 5.30. The van der Waals surface area contributed by atoms with Crippen molar-refractivity contribution in [3.8, 4) is 6.07 Å². The number of hydrogen-bond donors (Lipinski definition) is 2. The molecule has 5 aromatic rings. The van der Waals surface area contributed by atoms with Crippen LogP contribution >= 0.6 is 34.8 Å². The van der Waals surface area contributed by atoms with Crippen molar-refractivity contribution < 1.29 is 4.39 Å². The molecule has 0 amide bonds. The molecule has 1 aliphatic heterocycles. The highest BCUT2D eigenvalue weighted by Crippen LogP contribution is 2.37. The standard InChI is InChI=1S/C32H28Cl3FN8/c1-2-43-11-9-24(10-12-43)44-18-29(41-42-44)31(19-3-5-21(33)6-4-19)40-23-13-25-30(39-22-7-8-28(36)26(34)14-22)20(16-37)17-38-32(25)27(35)15-23/h3-8,13-15,17-18,24,31,40H,2,9-12H2,1H3,(H,38,39)/t31-/m1/s1. The Bertz CT molecular complexity index is 1850. The fraction of sp³-hybridized carbons (Fsp3) is 0.250. The lowest BCUT2D eigenvalue weighted by Crippen LogP contribution is -2.34. The molecular formula is C32H28Cl3FN8. The first-order valence-corrected chi connectivity index (χ1v) is 15.4. The van der Waals surface area contributed by atoms with Crippen molar-refractivity contribution in [3.05, 3.63) is 105 Å². The van der Waals surface area contributed by atoms with Crippen molar-refractivity contribution in [2.24, 2.45) is 0 Å². The second-order valence-corrected chi connectivity index (χ2v) is 11.9. The van der Waals surface area contributed by atoms with Gasteiger partial charge < -0.3 is 15.5 Å². The van der Waals surface area contributed by atoms with E-state index in [9.17, 15) is 9.65 Å². The first-order chi connectivity index (χ1) is 21.3. The second-order valence-electron chi connectivity index (χ2n) is 10.7. The minimum Gasteiger partial charge on any atom is -0.373 e. The summed E-state index contributed by atoms with van der Waals surface area (Å²) < 4.78 is 15.8. The fourth-order valence-electron chi connectivity index (χ4n) is 5.53. The SMILES string of the molecule is CCN1CCC(n2cc([C@H](Nc3cc(Cl)c4ncc(C#N)c(Nc5ccc(F)c(Cl)c5)c4c3)c3ccc(Cl)cc3)nn2)CC1. The third-order valence-electron chi connectivity index (χ3n) is 7.95. The summed E-state index contributed by atoms with van der Waals surface area (Å²) >= 11 is 19.0. The van der Waals surface area contributed by atoms with Gasteiger partial charge in [0, 0.05) is 41.1 Å². The topological polar surface area (TPSA) is 94.7 Å². The summed E-state index contributed by atoms with van der Waals surface area (Å²) in [5, 5.41) is 27.4. The largest absolute Gasteiger partial charge is 0.373 e. The number of piperidine rings is 1. The Morgan fingerprint density at radius 2 is 1.77 bits per heavy atom. The molecule has 224 valence electrons. The number of halogens is 4. The molecular weight excluding hydrogens is 622 g/mol. The van der Waals surface area contributed by atoms with Crippen LogP contribution in [0, 0.1) is 17.1 Å². The molecule has 1 aliphatic rings. The van der Waals surface area contributed by atoms with Crippen molar-refractivity contribution in [2.75, 3.05) is 30.3 Å². The molecule has 1 atom stereocenters. The summed E-state index contributed by atoms with van der Waals surface area (Å²) in [6, 6.07) is 17.6. The van der Waals surface area contributed by atoms with E-state index in [0.29, 0.717) is 38.0 Å². The number of aromatic nitrogens is 4. The number of fused-ring (bicyclic) bond motifs is 1. The molecule has 0 radical (unpaired) electrons. The Morgan fingerprint density at radius 3 is 2.48 bits per heavy atom. The van der Waals surface area contributed by atoms with Gasteiger partial charge in [-0.15, -0.1) is 5.10 Å². The van der Waals surface area contributed by atoms with Crippen LogP contribution in [-0.4, -0.2) is 44.5 Å². The molecule has 8 nitrogen and oxygen atoms in total. The highest BCUT2D eigenvalue weighted by atomic mass is 35.5. The van der Waals surface area contributed by atoms with Gasteiger partial charge in [0.1, 0.15) is 17.6 Å². The van der Waals surface area contributed by atoms with Crippen molar-refractivity contribution in [3.63, 3.8) is 0 Å². The average Bonchev–Trinajstić information content (AvgIpc) is 3.52. The molecule has 0 unspecified atom stereocenters. The summed E-state index contributed by atoms with van der Waals surface area (Å²) in [7, 11) is 0. The van der Waals surface area contributed by atoms with Crippen molar-refractivity contribution in [1.82, 2.24) is 24.9 Å². The molecule has 12 heteroatoms. The fourth-order valence-corrected chi connectivity index (χ4v) is 6.11. The second kappa shape index (κ2) is 13.0. The molecule has 2 aromatic heterocycles. The molecule has 1 saturated heterocycles. The Labute approximate surface area is 269 Å². The number of nitriles is 1. The van der Waals surface area contributed by atoms with Gasteiger partial charge in [0.25, 0.3) is 0 Å². The summed E-state index contributed by atoms with van der Waals surface area (Å²) in [5.74, 6) is -0.538. The molecule has 44 heavy (non-hydrogen) atoms. The minimum atomic E-state index is -0.538. The van der Waals surface area contributed by atoms with E-state index in [-0.39, 0.29) is 22.7 Å². The molecule has 0 saturated carbocycles. The molecule has 3 aromatic carbocycles. The molecule has 0 spiro atoms. The number of likely N-dealkylation sites (tertiary alicyclic amines) is 1. The first-order valence-electron chi connectivity index (χ1n) is 14.2. The third-order valence-corrected chi connectivity index (χ3v) is 8.78. The van der Waals surface area contributed by atoms with Crippen LogP contribution in [0.5, 0.6) is 0 Å². The van der Waals surface area contributed by atoms with Crippen LogP contribution in [-0.2, 0) is 0 Å². The predicted octanol–water partition coefficient (Wildman–Crippen LogP) is 8.40. The van der Waals surface area contributed by atoms with Crippen molar-refractivity contribution in [2.45, 2.75) is 31.8 Å². The van der Waals surface area contributed by atoms with Crippen molar-refractivity contribution >= 4 is 62.8 Å². The van der Waals surface area contributed by atoms with Gasteiger partial charge in [-0.1, -0.05) is 59.1 Å². The number of benzene rings is 3. The number of anilines is 3. The van der Waals surface area contributed by atoms with Crippen LogP contribution in [0.2, 0.25) is 15.1 Å². The molecule has 0 aliphatic carbocycles. The van der Waals surface area contributed by atoms with E-state index >= 15 is 0 Å². The molecule has 1 fully saturated rings. The van der Waals surface area contributed by atoms with Gasteiger partial charge in [0.05, 0.1) is 45.1 Å². The van der Waals surface area contributed by atoms with Gasteiger partial charge >= 0.3 is 0 Å².